The maximum atomic E-state index is 12.2. The number of hydrogen-bond acceptors (Lipinski definition) is 8. The van der Waals surface area contributed by atoms with Crippen molar-refractivity contribution in [3.8, 4) is 0 Å². The molecule has 26 heavy (non-hydrogen) atoms. The molecule has 2 heterocycles. The first-order valence-corrected chi connectivity index (χ1v) is 8.61. The van der Waals surface area contributed by atoms with Crippen LogP contribution in [0.3, 0.4) is 0 Å². The Labute approximate surface area is 153 Å². The molecule has 1 N–H and O–H groups in total. The molecule has 1 aromatic rings. The predicted molar refractivity (Wildman–Crippen MR) is 95.9 cm³/mol. The van der Waals surface area contributed by atoms with E-state index in [0.717, 1.165) is 0 Å². The van der Waals surface area contributed by atoms with E-state index in [4.69, 9.17) is 9.47 Å². The highest BCUT2D eigenvalue weighted by molar-refractivity contribution is 5.77. The van der Waals surface area contributed by atoms with Gasteiger partial charge in [-0.2, -0.15) is 0 Å². The molecule has 0 bridgehead atoms. The maximum Gasteiger partial charge on any atom is 0.407 e. The standard InChI is InChI=1S/C17H27N5O4/c1-17(2,3)26-16(24)20-12-13(14(23)25-4)21-8-10-22(11-9-21)15-18-6-5-7-19-15/h5-7,13H,8-12H2,1-4H3,(H,20,24). The monoisotopic (exact) mass is 365 g/mol. The number of esters is 1. The van der Waals surface area contributed by atoms with Crippen LogP contribution < -0.4 is 10.2 Å². The number of anilines is 1. The second-order valence-electron chi connectivity index (χ2n) is 6.99. The minimum absolute atomic E-state index is 0.128. The van der Waals surface area contributed by atoms with Crippen molar-refractivity contribution in [2.75, 3.05) is 44.7 Å². The molecule has 0 aromatic carbocycles. The summed E-state index contributed by atoms with van der Waals surface area (Å²) >= 11 is 0. The van der Waals surface area contributed by atoms with Crippen LogP contribution in [0.1, 0.15) is 20.8 Å². The quantitative estimate of drug-likeness (QED) is 0.761. The van der Waals surface area contributed by atoms with E-state index in [1.165, 1.54) is 7.11 Å². The Kier molecular flexibility index (Phi) is 6.73. The smallest absolute Gasteiger partial charge is 0.407 e. The van der Waals surface area contributed by atoms with E-state index >= 15 is 0 Å². The van der Waals surface area contributed by atoms with E-state index < -0.39 is 17.7 Å². The number of rotatable bonds is 5. The molecule has 144 valence electrons. The molecule has 9 nitrogen and oxygen atoms in total. The van der Waals surface area contributed by atoms with Gasteiger partial charge in [0, 0.05) is 45.1 Å². The minimum Gasteiger partial charge on any atom is -0.468 e. The highest BCUT2D eigenvalue weighted by atomic mass is 16.6. The van der Waals surface area contributed by atoms with Gasteiger partial charge < -0.3 is 19.7 Å². The van der Waals surface area contributed by atoms with Crippen LogP contribution in [0.25, 0.3) is 0 Å². The van der Waals surface area contributed by atoms with Gasteiger partial charge in [0.05, 0.1) is 7.11 Å². The average molecular weight is 365 g/mol. The molecule has 1 aliphatic rings. The number of piperazine rings is 1. The van der Waals surface area contributed by atoms with Crippen LogP contribution in [0.4, 0.5) is 10.7 Å². The Bertz CT molecular complexity index is 597. The summed E-state index contributed by atoms with van der Waals surface area (Å²) in [5, 5.41) is 2.65. The second kappa shape index (κ2) is 8.79. The van der Waals surface area contributed by atoms with Crippen molar-refractivity contribution in [3.05, 3.63) is 18.5 Å². The minimum atomic E-state index is -0.591. The molecule has 1 unspecified atom stereocenters. The topological polar surface area (TPSA) is 96.9 Å². The fraction of sp³-hybridized carbons (Fsp3) is 0.647. The molecule has 1 aliphatic heterocycles. The van der Waals surface area contributed by atoms with Crippen molar-refractivity contribution in [1.82, 2.24) is 20.2 Å². The Hall–Kier alpha value is -2.42. The first-order chi connectivity index (χ1) is 12.3. The highest BCUT2D eigenvalue weighted by Crippen LogP contribution is 2.13. The Morgan fingerprint density at radius 2 is 1.81 bits per heavy atom. The number of amides is 1. The van der Waals surface area contributed by atoms with Gasteiger partial charge in [0.25, 0.3) is 0 Å². The van der Waals surface area contributed by atoms with E-state index in [1.807, 2.05) is 4.90 Å². The van der Waals surface area contributed by atoms with Gasteiger partial charge >= 0.3 is 12.1 Å². The van der Waals surface area contributed by atoms with E-state index in [0.29, 0.717) is 32.1 Å². The van der Waals surface area contributed by atoms with Crippen LogP contribution >= 0.6 is 0 Å². The summed E-state index contributed by atoms with van der Waals surface area (Å²) in [6.45, 7) is 8.12. The molecule has 1 amide bonds. The average Bonchev–Trinajstić information content (AvgIpc) is 2.61. The van der Waals surface area contributed by atoms with E-state index in [9.17, 15) is 9.59 Å². The second-order valence-corrected chi connectivity index (χ2v) is 6.99. The number of alkyl carbamates (subject to hydrolysis) is 1. The first-order valence-electron chi connectivity index (χ1n) is 8.61. The maximum absolute atomic E-state index is 12.2. The largest absolute Gasteiger partial charge is 0.468 e. The first kappa shape index (κ1) is 19.9. The molecule has 0 radical (unpaired) electrons. The van der Waals surface area contributed by atoms with Gasteiger partial charge in [-0.25, -0.2) is 14.8 Å². The van der Waals surface area contributed by atoms with Gasteiger partial charge in [-0.1, -0.05) is 0 Å². The van der Waals surface area contributed by atoms with Crippen LogP contribution in [0.5, 0.6) is 0 Å². The molecule has 1 atom stereocenters. The van der Waals surface area contributed by atoms with Crippen molar-refractivity contribution in [3.63, 3.8) is 0 Å². The Morgan fingerprint density at radius 3 is 2.35 bits per heavy atom. The number of nitrogens with zero attached hydrogens (tertiary/aromatic N) is 4. The molecule has 2 rings (SSSR count). The summed E-state index contributed by atoms with van der Waals surface area (Å²) in [6.07, 6.45) is 2.86. The molecular weight excluding hydrogens is 338 g/mol. The lowest BCUT2D eigenvalue weighted by Crippen LogP contribution is -2.56. The molecule has 1 aromatic heterocycles. The van der Waals surface area contributed by atoms with Crippen LogP contribution in [-0.2, 0) is 14.3 Å². The van der Waals surface area contributed by atoms with Crippen LogP contribution in [0.15, 0.2) is 18.5 Å². The van der Waals surface area contributed by atoms with Gasteiger partial charge in [-0.05, 0) is 26.8 Å². The zero-order valence-corrected chi connectivity index (χ0v) is 15.8. The van der Waals surface area contributed by atoms with Crippen molar-refractivity contribution < 1.29 is 19.1 Å². The molecule has 0 spiro atoms. The summed E-state index contributed by atoms with van der Waals surface area (Å²) in [5.41, 5.74) is -0.591. The van der Waals surface area contributed by atoms with Crippen molar-refractivity contribution in [2.24, 2.45) is 0 Å². The zero-order chi connectivity index (χ0) is 19.2. The zero-order valence-electron chi connectivity index (χ0n) is 15.8. The fourth-order valence-electron chi connectivity index (χ4n) is 2.68. The van der Waals surface area contributed by atoms with E-state index in [1.54, 1.807) is 39.2 Å². The highest BCUT2D eigenvalue weighted by Gasteiger charge is 2.31. The molecule has 1 saturated heterocycles. The molecule has 0 saturated carbocycles. The number of carbonyl (C=O) groups excluding carboxylic acids is 2. The number of hydrogen-bond donors (Lipinski definition) is 1. The summed E-state index contributed by atoms with van der Waals surface area (Å²) in [7, 11) is 1.34. The SMILES string of the molecule is COC(=O)C(CNC(=O)OC(C)(C)C)N1CCN(c2ncccn2)CC1. The predicted octanol–water partition coefficient (Wildman–Crippen LogP) is 0.665. The Morgan fingerprint density at radius 1 is 1.19 bits per heavy atom. The summed E-state index contributed by atoms with van der Waals surface area (Å²) in [6, 6.07) is 1.21. The molecule has 0 aliphatic carbocycles. The lowest BCUT2D eigenvalue weighted by Gasteiger charge is -2.38. The van der Waals surface area contributed by atoms with Gasteiger partial charge in [-0.3, -0.25) is 9.69 Å². The van der Waals surface area contributed by atoms with Crippen molar-refractivity contribution in [1.29, 1.82) is 0 Å². The van der Waals surface area contributed by atoms with Crippen molar-refractivity contribution >= 4 is 18.0 Å². The molecular formula is C17H27N5O4. The number of methoxy groups -OCH3 is 1. The Balaban J connectivity index is 1.91. The molecule has 9 heteroatoms. The third-order valence-electron chi connectivity index (χ3n) is 3.90. The lowest BCUT2D eigenvalue weighted by atomic mass is 10.2. The van der Waals surface area contributed by atoms with Crippen LogP contribution in [0, 0.1) is 0 Å². The third-order valence-corrected chi connectivity index (χ3v) is 3.90. The van der Waals surface area contributed by atoms with Gasteiger partial charge in [0.1, 0.15) is 11.6 Å². The number of aromatic nitrogens is 2. The summed E-state index contributed by atoms with van der Waals surface area (Å²) in [4.78, 5) is 36.6. The lowest BCUT2D eigenvalue weighted by molar-refractivity contribution is -0.146. The van der Waals surface area contributed by atoms with Gasteiger partial charge in [0.2, 0.25) is 5.95 Å². The van der Waals surface area contributed by atoms with Gasteiger partial charge in [-0.15, -0.1) is 0 Å². The number of nitrogens with one attached hydrogen (secondary N) is 1. The number of ether oxygens (including phenoxy) is 2. The third kappa shape index (κ3) is 5.83. The van der Waals surface area contributed by atoms with E-state index in [-0.39, 0.29) is 12.5 Å². The van der Waals surface area contributed by atoms with Crippen molar-refractivity contribution in [2.45, 2.75) is 32.4 Å². The summed E-state index contributed by atoms with van der Waals surface area (Å²) < 4.78 is 10.1. The normalized spacial score (nSPS) is 16.7. The van der Waals surface area contributed by atoms with Crippen LogP contribution in [0.2, 0.25) is 0 Å². The number of carbonyl (C=O) groups is 2. The summed E-state index contributed by atoms with van der Waals surface area (Å²) in [5.74, 6) is 0.291. The fourth-order valence-corrected chi connectivity index (χ4v) is 2.68. The van der Waals surface area contributed by atoms with Gasteiger partial charge in [0.15, 0.2) is 0 Å². The van der Waals surface area contributed by atoms with Crippen LogP contribution in [-0.4, -0.2) is 78.4 Å². The molecule has 1 fully saturated rings. The van der Waals surface area contributed by atoms with E-state index in [2.05, 4.69) is 20.2 Å².